The van der Waals surface area contributed by atoms with Crippen LogP contribution < -0.4 is 16.6 Å². The zero-order chi connectivity index (χ0) is 11.7. The molecule has 4 heteroatoms. The summed E-state index contributed by atoms with van der Waals surface area (Å²) in [5.74, 6) is 5.95. The number of anilines is 1. The number of hydrogen-bond acceptors (Lipinski definition) is 3. The molecule has 1 amide bonds. The molecule has 0 aliphatic heterocycles. The van der Waals surface area contributed by atoms with E-state index in [1.165, 1.54) is 0 Å². The van der Waals surface area contributed by atoms with Gasteiger partial charge in [0.2, 0.25) is 0 Å². The monoisotopic (exact) mass is 219 g/mol. The Morgan fingerprint density at radius 2 is 2.19 bits per heavy atom. The van der Waals surface area contributed by atoms with Gasteiger partial charge in [-0.15, -0.1) is 0 Å². The summed E-state index contributed by atoms with van der Waals surface area (Å²) in [4.78, 5) is 11.9. The largest absolute Gasteiger partial charge is 0.349 e. The second kappa shape index (κ2) is 4.14. The predicted octanol–water partition coefficient (Wildman–Crippen LogP) is 1.42. The molecule has 1 aromatic rings. The van der Waals surface area contributed by atoms with E-state index in [1.54, 1.807) is 6.07 Å². The lowest BCUT2D eigenvalue weighted by Crippen LogP contribution is -2.28. The number of hydrazine groups is 1. The molecule has 2 rings (SSSR count). The molecule has 86 valence electrons. The van der Waals surface area contributed by atoms with Crippen molar-refractivity contribution in [3.05, 3.63) is 29.3 Å². The molecule has 0 aromatic heterocycles. The lowest BCUT2D eigenvalue weighted by molar-refractivity contribution is 0.0950. The standard InChI is InChI=1S/C12H17N3O/c1-7-3-4-9(11(5-7)15-13)12(16)14-10-6-8(10)2/h3-5,8,10,15H,6,13H2,1-2H3,(H,14,16). The summed E-state index contributed by atoms with van der Waals surface area (Å²) in [5, 5.41) is 2.98. The molecule has 4 nitrogen and oxygen atoms in total. The van der Waals surface area contributed by atoms with Crippen molar-refractivity contribution in [3.63, 3.8) is 0 Å². The molecular formula is C12H17N3O. The van der Waals surface area contributed by atoms with E-state index in [2.05, 4.69) is 17.7 Å². The van der Waals surface area contributed by atoms with Gasteiger partial charge in [-0.1, -0.05) is 13.0 Å². The first-order valence-electron chi connectivity index (χ1n) is 5.50. The molecular weight excluding hydrogens is 202 g/mol. The van der Waals surface area contributed by atoms with Crippen LogP contribution in [0.2, 0.25) is 0 Å². The Hall–Kier alpha value is -1.55. The fourth-order valence-electron chi connectivity index (χ4n) is 1.74. The predicted molar refractivity (Wildman–Crippen MR) is 64.0 cm³/mol. The quantitative estimate of drug-likeness (QED) is 0.532. The Morgan fingerprint density at radius 3 is 2.75 bits per heavy atom. The molecule has 2 atom stereocenters. The summed E-state index contributed by atoms with van der Waals surface area (Å²) in [6, 6.07) is 5.91. The maximum Gasteiger partial charge on any atom is 0.253 e. The number of rotatable bonds is 3. The maximum absolute atomic E-state index is 11.9. The van der Waals surface area contributed by atoms with Crippen LogP contribution in [0, 0.1) is 12.8 Å². The van der Waals surface area contributed by atoms with Gasteiger partial charge in [-0.25, -0.2) is 0 Å². The van der Waals surface area contributed by atoms with Gasteiger partial charge in [0, 0.05) is 6.04 Å². The third-order valence-electron chi connectivity index (χ3n) is 3.00. The van der Waals surface area contributed by atoms with Crippen LogP contribution in [0.5, 0.6) is 0 Å². The van der Waals surface area contributed by atoms with Crippen molar-refractivity contribution in [2.45, 2.75) is 26.3 Å². The van der Waals surface area contributed by atoms with E-state index in [4.69, 9.17) is 5.84 Å². The Kier molecular flexibility index (Phi) is 2.83. The van der Waals surface area contributed by atoms with E-state index in [-0.39, 0.29) is 5.91 Å². The van der Waals surface area contributed by atoms with Crippen LogP contribution in [0.1, 0.15) is 29.3 Å². The number of hydrogen-bond donors (Lipinski definition) is 3. The SMILES string of the molecule is Cc1ccc(C(=O)NC2CC2C)c(NN)c1. The first kappa shape index (κ1) is 11.0. The summed E-state index contributed by atoms with van der Waals surface area (Å²) < 4.78 is 0. The number of nitrogen functional groups attached to an aromatic ring is 1. The molecule has 1 aromatic carbocycles. The zero-order valence-electron chi connectivity index (χ0n) is 9.58. The molecule has 2 unspecified atom stereocenters. The minimum atomic E-state index is -0.0534. The number of carbonyl (C=O) groups is 1. The van der Waals surface area contributed by atoms with E-state index in [0.29, 0.717) is 23.2 Å². The zero-order valence-corrected chi connectivity index (χ0v) is 9.58. The fraction of sp³-hybridized carbons (Fsp3) is 0.417. The third-order valence-corrected chi connectivity index (χ3v) is 3.00. The summed E-state index contributed by atoms with van der Waals surface area (Å²) in [7, 11) is 0. The van der Waals surface area contributed by atoms with Crippen molar-refractivity contribution < 1.29 is 4.79 Å². The second-order valence-electron chi connectivity index (χ2n) is 4.49. The van der Waals surface area contributed by atoms with Gasteiger partial charge in [0.15, 0.2) is 0 Å². The molecule has 1 fully saturated rings. The van der Waals surface area contributed by atoms with E-state index in [9.17, 15) is 4.79 Å². The van der Waals surface area contributed by atoms with Gasteiger partial charge < -0.3 is 10.7 Å². The van der Waals surface area contributed by atoms with Crippen LogP contribution in [0.25, 0.3) is 0 Å². The Bertz CT molecular complexity index is 417. The van der Waals surface area contributed by atoms with Gasteiger partial charge in [-0.05, 0) is 37.0 Å². The molecule has 1 saturated carbocycles. The normalized spacial score (nSPS) is 22.7. The van der Waals surface area contributed by atoms with Gasteiger partial charge in [0.25, 0.3) is 5.91 Å². The molecule has 16 heavy (non-hydrogen) atoms. The summed E-state index contributed by atoms with van der Waals surface area (Å²) in [5.41, 5.74) is 4.91. The molecule has 0 spiro atoms. The molecule has 0 radical (unpaired) electrons. The first-order chi connectivity index (χ1) is 7.61. The third kappa shape index (κ3) is 2.17. The second-order valence-corrected chi connectivity index (χ2v) is 4.49. The molecule has 1 aliphatic carbocycles. The van der Waals surface area contributed by atoms with E-state index >= 15 is 0 Å². The lowest BCUT2D eigenvalue weighted by Gasteiger charge is -2.10. The van der Waals surface area contributed by atoms with Crippen LogP contribution in [0.3, 0.4) is 0 Å². The van der Waals surface area contributed by atoms with Gasteiger partial charge in [-0.2, -0.15) is 0 Å². The van der Waals surface area contributed by atoms with Crippen molar-refractivity contribution in [3.8, 4) is 0 Å². The minimum Gasteiger partial charge on any atom is -0.349 e. The van der Waals surface area contributed by atoms with Crippen molar-refractivity contribution in [1.82, 2.24) is 5.32 Å². The molecule has 0 heterocycles. The number of nitrogens with one attached hydrogen (secondary N) is 2. The van der Waals surface area contributed by atoms with Crippen LogP contribution in [-0.2, 0) is 0 Å². The highest BCUT2D eigenvalue weighted by atomic mass is 16.1. The summed E-state index contributed by atoms with van der Waals surface area (Å²) >= 11 is 0. The molecule has 1 aliphatic rings. The number of benzene rings is 1. The summed E-state index contributed by atoms with van der Waals surface area (Å²) in [6.07, 6.45) is 1.07. The lowest BCUT2D eigenvalue weighted by atomic mass is 10.1. The van der Waals surface area contributed by atoms with Crippen LogP contribution in [0.4, 0.5) is 5.69 Å². The van der Waals surface area contributed by atoms with Crippen LogP contribution in [0.15, 0.2) is 18.2 Å². The summed E-state index contributed by atoms with van der Waals surface area (Å²) in [6.45, 7) is 4.09. The Morgan fingerprint density at radius 1 is 1.50 bits per heavy atom. The van der Waals surface area contributed by atoms with Gasteiger partial charge >= 0.3 is 0 Å². The molecule has 0 bridgehead atoms. The van der Waals surface area contributed by atoms with Crippen molar-refractivity contribution >= 4 is 11.6 Å². The van der Waals surface area contributed by atoms with Crippen molar-refractivity contribution in [1.29, 1.82) is 0 Å². The van der Waals surface area contributed by atoms with Crippen molar-refractivity contribution in [2.24, 2.45) is 11.8 Å². The number of carbonyl (C=O) groups excluding carboxylic acids is 1. The highest BCUT2D eigenvalue weighted by Gasteiger charge is 2.34. The first-order valence-corrected chi connectivity index (χ1v) is 5.50. The fourth-order valence-corrected chi connectivity index (χ4v) is 1.74. The van der Waals surface area contributed by atoms with E-state index in [1.807, 2.05) is 19.1 Å². The minimum absolute atomic E-state index is 0.0534. The number of nitrogens with two attached hydrogens (primary N) is 1. The average molecular weight is 219 g/mol. The molecule has 0 saturated heterocycles. The van der Waals surface area contributed by atoms with E-state index < -0.39 is 0 Å². The van der Waals surface area contributed by atoms with Crippen LogP contribution >= 0.6 is 0 Å². The molecule has 4 N–H and O–H groups in total. The Balaban J connectivity index is 2.15. The van der Waals surface area contributed by atoms with E-state index in [0.717, 1.165) is 12.0 Å². The average Bonchev–Trinajstić information content (AvgIpc) is 2.93. The highest BCUT2D eigenvalue weighted by molar-refractivity contribution is 6.00. The number of amides is 1. The highest BCUT2D eigenvalue weighted by Crippen LogP contribution is 2.29. The maximum atomic E-state index is 11.9. The number of aryl methyl sites for hydroxylation is 1. The van der Waals surface area contributed by atoms with Gasteiger partial charge in [0.05, 0.1) is 11.3 Å². The van der Waals surface area contributed by atoms with Gasteiger partial charge in [0.1, 0.15) is 0 Å². The van der Waals surface area contributed by atoms with Crippen molar-refractivity contribution in [2.75, 3.05) is 5.43 Å². The van der Waals surface area contributed by atoms with Gasteiger partial charge in [-0.3, -0.25) is 10.6 Å². The Labute approximate surface area is 95.2 Å². The topological polar surface area (TPSA) is 67.2 Å². The van der Waals surface area contributed by atoms with Crippen LogP contribution in [-0.4, -0.2) is 11.9 Å². The smallest absolute Gasteiger partial charge is 0.253 e.